The van der Waals surface area contributed by atoms with E-state index in [1.54, 1.807) is 45.0 Å². The van der Waals surface area contributed by atoms with Crippen LogP contribution in [-0.2, 0) is 35.2 Å². The van der Waals surface area contributed by atoms with Crippen molar-refractivity contribution >= 4 is 23.8 Å². The van der Waals surface area contributed by atoms with Crippen molar-refractivity contribution in [1.82, 2.24) is 5.32 Å². The molecule has 0 unspecified atom stereocenters. The second-order valence-electron chi connectivity index (χ2n) is 7.10. The number of hydrogen-bond acceptors (Lipinski definition) is 7. The van der Waals surface area contributed by atoms with Crippen LogP contribution in [0.15, 0.2) is 30.3 Å². The average Bonchev–Trinajstić information content (AvgIpc) is 2.62. The van der Waals surface area contributed by atoms with E-state index < -0.39 is 41.9 Å². The standard InChI is InChI=1S/C20H27NO7/c1-20(2,3)28-18(24)12-16(22)15(10-11-17(23)26-4)21-19(25)27-13-14-8-6-5-7-9-14/h5-9,15H,10-13H2,1-4H3,(H,21,25)/t15-/m0/s1. The van der Waals surface area contributed by atoms with Crippen LogP contribution in [0.4, 0.5) is 4.79 Å². The number of ketones is 1. The lowest BCUT2D eigenvalue weighted by Gasteiger charge is -2.21. The Balaban J connectivity index is 2.66. The Morgan fingerprint density at radius 2 is 1.68 bits per heavy atom. The van der Waals surface area contributed by atoms with E-state index in [0.717, 1.165) is 5.56 Å². The monoisotopic (exact) mass is 393 g/mol. The van der Waals surface area contributed by atoms with Crippen LogP contribution in [-0.4, -0.2) is 42.6 Å². The van der Waals surface area contributed by atoms with Gasteiger partial charge in [-0.25, -0.2) is 4.79 Å². The number of nitrogens with one attached hydrogen (secondary N) is 1. The Kier molecular flexibility index (Phi) is 9.14. The summed E-state index contributed by atoms with van der Waals surface area (Å²) in [7, 11) is 1.22. The molecule has 0 bridgehead atoms. The maximum absolute atomic E-state index is 12.4. The van der Waals surface area contributed by atoms with E-state index in [4.69, 9.17) is 9.47 Å². The third kappa shape index (κ3) is 9.70. The Bertz CT molecular complexity index is 680. The van der Waals surface area contributed by atoms with Crippen LogP contribution in [0.1, 0.15) is 45.6 Å². The van der Waals surface area contributed by atoms with E-state index in [-0.39, 0.29) is 19.4 Å². The van der Waals surface area contributed by atoms with Crippen molar-refractivity contribution in [2.75, 3.05) is 7.11 Å². The second-order valence-corrected chi connectivity index (χ2v) is 7.10. The summed E-state index contributed by atoms with van der Waals surface area (Å²) in [6, 6.07) is 7.95. The smallest absolute Gasteiger partial charge is 0.408 e. The number of alkyl carbamates (subject to hydrolysis) is 1. The van der Waals surface area contributed by atoms with Gasteiger partial charge in [-0.1, -0.05) is 30.3 Å². The van der Waals surface area contributed by atoms with Gasteiger partial charge in [-0.15, -0.1) is 0 Å². The minimum atomic E-state index is -1.07. The van der Waals surface area contributed by atoms with E-state index in [0.29, 0.717) is 0 Å². The molecule has 1 N–H and O–H groups in total. The molecule has 0 heterocycles. The van der Waals surface area contributed by atoms with E-state index >= 15 is 0 Å². The fourth-order valence-electron chi connectivity index (χ4n) is 2.23. The minimum absolute atomic E-state index is 0.0191. The molecule has 1 aromatic carbocycles. The first-order chi connectivity index (χ1) is 13.1. The summed E-state index contributed by atoms with van der Waals surface area (Å²) in [4.78, 5) is 47.7. The van der Waals surface area contributed by atoms with Gasteiger partial charge in [0.05, 0.1) is 13.2 Å². The summed E-state index contributed by atoms with van der Waals surface area (Å²) < 4.78 is 14.8. The number of hydrogen-bond donors (Lipinski definition) is 1. The summed E-state index contributed by atoms with van der Waals surface area (Å²) in [5.74, 6) is -1.82. The molecular formula is C20H27NO7. The maximum atomic E-state index is 12.4. The lowest BCUT2D eigenvalue weighted by molar-refractivity contribution is -0.156. The van der Waals surface area contributed by atoms with Gasteiger partial charge < -0.3 is 19.5 Å². The molecule has 8 nitrogen and oxygen atoms in total. The summed E-state index contributed by atoms with van der Waals surface area (Å²) in [6.45, 7) is 5.08. The van der Waals surface area contributed by atoms with Crippen LogP contribution in [0.2, 0.25) is 0 Å². The van der Waals surface area contributed by atoms with Gasteiger partial charge >= 0.3 is 18.0 Å². The van der Waals surface area contributed by atoms with Crippen molar-refractivity contribution < 1.29 is 33.4 Å². The molecule has 154 valence electrons. The second kappa shape index (κ2) is 11.1. The molecule has 1 aromatic rings. The van der Waals surface area contributed by atoms with E-state index in [2.05, 4.69) is 10.1 Å². The van der Waals surface area contributed by atoms with Crippen LogP contribution >= 0.6 is 0 Å². The highest BCUT2D eigenvalue weighted by atomic mass is 16.6. The van der Waals surface area contributed by atoms with Crippen molar-refractivity contribution in [3.8, 4) is 0 Å². The zero-order valence-corrected chi connectivity index (χ0v) is 16.7. The normalized spacial score (nSPS) is 11.9. The molecule has 1 rings (SSSR count). The first-order valence-electron chi connectivity index (χ1n) is 8.89. The molecule has 0 aromatic heterocycles. The third-order valence-electron chi connectivity index (χ3n) is 3.50. The van der Waals surface area contributed by atoms with E-state index in [1.807, 2.05) is 6.07 Å². The largest absolute Gasteiger partial charge is 0.469 e. The molecule has 0 aliphatic carbocycles. The minimum Gasteiger partial charge on any atom is -0.469 e. The van der Waals surface area contributed by atoms with Crippen molar-refractivity contribution in [1.29, 1.82) is 0 Å². The number of carbonyl (C=O) groups is 4. The number of carbonyl (C=O) groups excluding carboxylic acids is 4. The lowest BCUT2D eigenvalue weighted by atomic mass is 10.0. The summed E-state index contributed by atoms with van der Waals surface area (Å²) in [5, 5.41) is 2.41. The predicted octanol–water partition coefficient (Wildman–Crippen LogP) is 2.54. The van der Waals surface area contributed by atoms with Crippen molar-refractivity contribution in [3.05, 3.63) is 35.9 Å². The average molecular weight is 393 g/mol. The molecule has 0 radical (unpaired) electrons. The summed E-state index contributed by atoms with van der Waals surface area (Å²) in [6.07, 6.45) is -1.46. The molecule has 1 amide bonds. The lowest BCUT2D eigenvalue weighted by Crippen LogP contribution is -2.42. The van der Waals surface area contributed by atoms with Crippen LogP contribution < -0.4 is 5.32 Å². The van der Waals surface area contributed by atoms with Crippen molar-refractivity contribution in [2.24, 2.45) is 0 Å². The molecule has 0 fully saturated rings. The van der Waals surface area contributed by atoms with Gasteiger partial charge in [-0.05, 0) is 32.8 Å². The van der Waals surface area contributed by atoms with Crippen LogP contribution in [0.3, 0.4) is 0 Å². The van der Waals surface area contributed by atoms with Crippen LogP contribution in [0, 0.1) is 0 Å². The number of benzene rings is 1. The third-order valence-corrected chi connectivity index (χ3v) is 3.50. The highest BCUT2D eigenvalue weighted by Gasteiger charge is 2.27. The first-order valence-corrected chi connectivity index (χ1v) is 8.89. The van der Waals surface area contributed by atoms with E-state index in [9.17, 15) is 19.2 Å². The number of amides is 1. The van der Waals surface area contributed by atoms with Gasteiger partial charge in [-0.3, -0.25) is 14.4 Å². The number of methoxy groups -OCH3 is 1. The van der Waals surface area contributed by atoms with Gasteiger partial charge in [0.25, 0.3) is 0 Å². The molecular weight excluding hydrogens is 366 g/mol. The van der Waals surface area contributed by atoms with E-state index in [1.165, 1.54) is 7.11 Å². The Hall–Kier alpha value is -2.90. The molecule has 0 aliphatic heterocycles. The molecule has 28 heavy (non-hydrogen) atoms. The van der Waals surface area contributed by atoms with Crippen LogP contribution in [0.5, 0.6) is 0 Å². The zero-order chi connectivity index (χ0) is 21.2. The SMILES string of the molecule is COC(=O)CC[C@H](NC(=O)OCc1ccccc1)C(=O)CC(=O)OC(C)(C)C. The highest BCUT2D eigenvalue weighted by Crippen LogP contribution is 2.11. The summed E-state index contributed by atoms with van der Waals surface area (Å²) >= 11 is 0. The quantitative estimate of drug-likeness (QED) is 0.390. The fourth-order valence-corrected chi connectivity index (χ4v) is 2.23. The van der Waals surface area contributed by atoms with Gasteiger partial charge in [-0.2, -0.15) is 0 Å². The Morgan fingerprint density at radius 3 is 2.25 bits per heavy atom. The van der Waals surface area contributed by atoms with Gasteiger partial charge in [0, 0.05) is 6.42 Å². The summed E-state index contributed by atoms with van der Waals surface area (Å²) in [5.41, 5.74) is 0.0461. The van der Waals surface area contributed by atoms with Gasteiger partial charge in [0.2, 0.25) is 0 Å². The topological polar surface area (TPSA) is 108 Å². The van der Waals surface area contributed by atoms with Crippen LogP contribution in [0.25, 0.3) is 0 Å². The number of rotatable bonds is 9. The van der Waals surface area contributed by atoms with Gasteiger partial charge in [0.15, 0.2) is 5.78 Å². The molecule has 1 atom stereocenters. The maximum Gasteiger partial charge on any atom is 0.408 e. The highest BCUT2D eigenvalue weighted by molar-refractivity contribution is 5.99. The van der Waals surface area contributed by atoms with Crippen molar-refractivity contribution in [3.63, 3.8) is 0 Å². The van der Waals surface area contributed by atoms with Gasteiger partial charge in [0.1, 0.15) is 18.6 Å². The number of Topliss-reactive ketones (excluding diaryl/α,β-unsaturated/α-hetero) is 1. The predicted molar refractivity (Wildman–Crippen MR) is 100 cm³/mol. The zero-order valence-electron chi connectivity index (χ0n) is 16.7. The Labute approximate surface area is 164 Å². The first kappa shape index (κ1) is 23.1. The molecule has 0 aliphatic rings. The fraction of sp³-hybridized carbons (Fsp3) is 0.500. The molecule has 0 spiro atoms. The van der Waals surface area contributed by atoms with Crippen molar-refractivity contribution in [2.45, 2.75) is 58.3 Å². The number of esters is 2. The molecule has 0 saturated heterocycles. The molecule has 0 saturated carbocycles. The molecule has 8 heteroatoms. The Morgan fingerprint density at radius 1 is 1.04 bits per heavy atom. The number of ether oxygens (including phenoxy) is 3.